The molecule has 1 aromatic carbocycles. The number of nitrogens with zero attached hydrogens (tertiary/aromatic N) is 3. The minimum atomic E-state index is 0.117. The third-order valence-electron chi connectivity index (χ3n) is 5.70. The molecule has 28 heavy (non-hydrogen) atoms. The Morgan fingerprint density at radius 1 is 1.29 bits per heavy atom. The average Bonchev–Trinajstić information content (AvgIpc) is 3.47. The SMILES string of the molecule is CC(C)n1nc(-c2ccc(C#N)cc2)c(C2CC2)c1C(=O)CC1CCCOC1. The van der Waals surface area contributed by atoms with E-state index in [-0.39, 0.29) is 11.8 Å². The van der Waals surface area contributed by atoms with Crippen LogP contribution in [0.2, 0.25) is 0 Å². The van der Waals surface area contributed by atoms with Gasteiger partial charge in [0, 0.05) is 36.8 Å². The van der Waals surface area contributed by atoms with E-state index in [2.05, 4.69) is 19.9 Å². The van der Waals surface area contributed by atoms with E-state index < -0.39 is 0 Å². The molecule has 1 saturated carbocycles. The molecule has 1 saturated heterocycles. The Bertz CT molecular complexity index is 895. The molecule has 1 aliphatic heterocycles. The van der Waals surface area contributed by atoms with Crippen LogP contribution in [0.15, 0.2) is 24.3 Å². The van der Waals surface area contributed by atoms with E-state index in [0.29, 0.717) is 30.4 Å². The van der Waals surface area contributed by atoms with Crippen molar-refractivity contribution in [1.82, 2.24) is 9.78 Å². The lowest BCUT2D eigenvalue weighted by molar-refractivity contribution is 0.0485. The number of carbonyl (C=O) groups excluding carboxylic acids is 1. The first-order valence-corrected chi connectivity index (χ1v) is 10.3. The van der Waals surface area contributed by atoms with Crippen LogP contribution >= 0.6 is 0 Å². The van der Waals surface area contributed by atoms with E-state index in [4.69, 9.17) is 15.1 Å². The first-order valence-electron chi connectivity index (χ1n) is 10.3. The van der Waals surface area contributed by atoms with E-state index in [1.807, 2.05) is 28.9 Å². The third kappa shape index (κ3) is 3.74. The lowest BCUT2D eigenvalue weighted by Crippen LogP contribution is -2.22. The quantitative estimate of drug-likeness (QED) is 0.673. The zero-order chi connectivity index (χ0) is 19.7. The van der Waals surface area contributed by atoms with Gasteiger partial charge in [-0.3, -0.25) is 9.48 Å². The van der Waals surface area contributed by atoms with Crippen molar-refractivity contribution in [2.75, 3.05) is 13.2 Å². The average molecular weight is 377 g/mol. The van der Waals surface area contributed by atoms with Gasteiger partial charge in [0.05, 0.1) is 17.3 Å². The van der Waals surface area contributed by atoms with Crippen molar-refractivity contribution >= 4 is 5.78 Å². The number of carbonyl (C=O) groups is 1. The third-order valence-corrected chi connectivity index (χ3v) is 5.70. The van der Waals surface area contributed by atoms with Gasteiger partial charge in [0.25, 0.3) is 0 Å². The van der Waals surface area contributed by atoms with Crippen LogP contribution in [0.1, 0.15) is 79.5 Å². The number of aromatic nitrogens is 2. The van der Waals surface area contributed by atoms with Gasteiger partial charge in [0.1, 0.15) is 5.69 Å². The molecule has 0 N–H and O–H groups in total. The highest BCUT2D eigenvalue weighted by atomic mass is 16.5. The number of hydrogen-bond donors (Lipinski definition) is 0. The van der Waals surface area contributed by atoms with E-state index in [1.54, 1.807) is 0 Å². The summed E-state index contributed by atoms with van der Waals surface area (Å²) >= 11 is 0. The summed E-state index contributed by atoms with van der Waals surface area (Å²) in [5.74, 6) is 0.917. The molecule has 0 radical (unpaired) electrons. The molecule has 1 atom stereocenters. The summed E-state index contributed by atoms with van der Waals surface area (Å²) in [6.07, 6.45) is 4.85. The van der Waals surface area contributed by atoms with Crippen LogP contribution in [-0.2, 0) is 4.74 Å². The Hall–Kier alpha value is -2.45. The Morgan fingerprint density at radius 3 is 2.61 bits per heavy atom. The zero-order valence-electron chi connectivity index (χ0n) is 16.6. The van der Waals surface area contributed by atoms with Gasteiger partial charge in [-0.15, -0.1) is 0 Å². The van der Waals surface area contributed by atoms with E-state index in [0.717, 1.165) is 54.8 Å². The predicted octanol–water partition coefficient (Wildman–Crippen LogP) is 4.88. The molecular weight excluding hydrogens is 350 g/mol. The molecule has 4 rings (SSSR count). The number of hydrogen-bond acceptors (Lipinski definition) is 4. The van der Waals surface area contributed by atoms with Crippen molar-refractivity contribution in [3.05, 3.63) is 41.1 Å². The maximum absolute atomic E-state index is 13.4. The van der Waals surface area contributed by atoms with E-state index in [1.165, 1.54) is 0 Å². The van der Waals surface area contributed by atoms with Crippen molar-refractivity contribution in [1.29, 1.82) is 5.26 Å². The second kappa shape index (κ2) is 7.89. The monoisotopic (exact) mass is 377 g/mol. The van der Waals surface area contributed by atoms with Crippen molar-refractivity contribution < 1.29 is 9.53 Å². The van der Waals surface area contributed by atoms with Crippen LogP contribution in [0.25, 0.3) is 11.3 Å². The largest absolute Gasteiger partial charge is 0.381 e. The number of benzene rings is 1. The van der Waals surface area contributed by atoms with E-state index in [9.17, 15) is 4.79 Å². The second-order valence-corrected chi connectivity index (χ2v) is 8.32. The molecule has 1 aliphatic carbocycles. The molecule has 1 unspecified atom stereocenters. The standard InChI is InChI=1S/C23H27N3O2/c1-15(2)26-23(20(27)12-17-4-3-11-28-14-17)21(18-9-10-18)22(25-26)19-7-5-16(13-24)6-8-19/h5-8,15,17-18H,3-4,9-12,14H2,1-2H3. The molecule has 2 aliphatic rings. The lowest BCUT2D eigenvalue weighted by atomic mass is 9.92. The Morgan fingerprint density at radius 2 is 2.04 bits per heavy atom. The molecule has 0 spiro atoms. The summed E-state index contributed by atoms with van der Waals surface area (Å²) in [7, 11) is 0. The molecule has 5 heteroatoms. The van der Waals surface area contributed by atoms with Crippen LogP contribution in [0.3, 0.4) is 0 Å². The molecule has 5 nitrogen and oxygen atoms in total. The van der Waals surface area contributed by atoms with Gasteiger partial charge < -0.3 is 4.74 Å². The fourth-order valence-electron chi connectivity index (χ4n) is 4.10. The van der Waals surface area contributed by atoms with Crippen LogP contribution in [-0.4, -0.2) is 28.8 Å². The van der Waals surface area contributed by atoms with Gasteiger partial charge in [-0.2, -0.15) is 10.4 Å². The van der Waals surface area contributed by atoms with Gasteiger partial charge in [0.2, 0.25) is 0 Å². The van der Waals surface area contributed by atoms with Gasteiger partial charge in [-0.25, -0.2) is 0 Å². The van der Waals surface area contributed by atoms with Crippen LogP contribution in [0.5, 0.6) is 0 Å². The number of ketones is 1. The van der Waals surface area contributed by atoms with E-state index >= 15 is 0 Å². The Kier molecular flexibility index (Phi) is 5.32. The fraction of sp³-hybridized carbons (Fsp3) is 0.522. The smallest absolute Gasteiger partial charge is 0.181 e. The number of Topliss-reactive ketones (excluding diaryl/α,β-unsaturated/α-hetero) is 1. The first-order chi connectivity index (χ1) is 13.6. The minimum absolute atomic E-state index is 0.117. The summed E-state index contributed by atoms with van der Waals surface area (Å²) in [5, 5.41) is 14.0. The molecule has 2 fully saturated rings. The van der Waals surface area contributed by atoms with Crippen molar-refractivity contribution in [3.63, 3.8) is 0 Å². The van der Waals surface area contributed by atoms with Gasteiger partial charge >= 0.3 is 0 Å². The van der Waals surface area contributed by atoms with Gasteiger partial charge in [-0.05, 0) is 63.5 Å². The minimum Gasteiger partial charge on any atom is -0.381 e. The Balaban J connectivity index is 1.74. The van der Waals surface area contributed by atoms with Crippen LogP contribution < -0.4 is 0 Å². The summed E-state index contributed by atoms with van der Waals surface area (Å²) < 4.78 is 7.51. The van der Waals surface area contributed by atoms with Crippen LogP contribution in [0.4, 0.5) is 0 Å². The first kappa shape index (κ1) is 18.9. The predicted molar refractivity (Wildman–Crippen MR) is 107 cm³/mol. The second-order valence-electron chi connectivity index (χ2n) is 8.32. The highest BCUT2D eigenvalue weighted by molar-refractivity contribution is 5.98. The van der Waals surface area contributed by atoms with Gasteiger partial charge in [-0.1, -0.05) is 12.1 Å². The van der Waals surface area contributed by atoms with Crippen molar-refractivity contribution in [2.24, 2.45) is 5.92 Å². The summed E-state index contributed by atoms with van der Waals surface area (Å²) in [5.41, 5.74) is 4.43. The summed E-state index contributed by atoms with van der Waals surface area (Å²) in [6, 6.07) is 9.81. The summed E-state index contributed by atoms with van der Waals surface area (Å²) in [6.45, 7) is 5.65. The molecule has 0 amide bonds. The number of ether oxygens (including phenoxy) is 1. The molecular formula is C23H27N3O2. The molecule has 1 aromatic heterocycles. The maximum Gasteiger partial charge on any atom is 0.181 e. The Labute approximate surface area is 166 Å². The van der Waals surface area contributed by atoms with Crippen molar-refractivity contribution in [3.8, 4) is 17.3 Å². The van der Waals surface area contributed by atoms with Crippen molar-refractivity contribution in [2.45, 2.75) is 57.9 Å². The highest BCUT2D eigenvalue weighted by Crippen LogP contribution is 2.47. The topological polar surface area (TPSA) is 67.9 Å². The number of nitriles is 1. The van der Waals surface area contributed by atoms with Gasteiger partial charge in [0.15, 0.2) is 5.78 Å². The molecule has 0 bridgehead atoms. The molecule has 2 aromatic rings. The highest BCUT2D eigenvalue weighted by Gasteiger charge is 2.36. The summed E-state index contributed by atoms with van der Waals surface area (Å²) in [4.78, 5) is 13.4. The number of rotatable bonds is 6. The normalized spacial score (nSPS) is 19.6. The van der Waals surface area contributed by atoms with Crippen LogP contribution in [0, 0.1) is 17.2 Å². The maximum atomic E-state index is 13.4. The lowest BCUT2D eigenvalue weighted by Gasteiger charge is -2.22. The zero-order valence-corrected chi connectivity index (χ0v) is 16.6. The fourth-order valence-corrected chi connectivity index (χ4v) is 4.10. The molecule has 146 valence electrons. The molecule has 2 heterocycles.